The normalized spacial score (nSPS) is 11.4. The van der Waals surface area contributed by atoms with Gasteiger partial charge in [0, 0.05) is 16.7 Å². The van der Waals surface area contributed by atoms with Crippen LogP contribution in [0.25, 0.3) is 122 Å². The molecule has 64 heavy (non-hydrogen) atoms. The Morgan fingerprint density at radius 3 is 1.50 bits per heavy atom. The van der Waals surface area contributed by atoms with Crippen LogP contribution in [0.5, 0.6) is 0 Å². The van der Waals surface area contributed by atoms with Crippen LogP contribution in [0.2, 0.25) is 0 Å². The molecule has 10 aromatic carbocycles. The molecule has 296 valence electrons. The van der Waals surface area contributed by atoms with Crippen molar-refractivity contribution in [2.75, 3.05) is 0 Å². The van der Waals surface area contributed by atoms with Crippen LogP contribution in [0.3, 0.4) is 0 Å². The maximum atomic E-state index is 10.5. The Bertz CT molecular complexity index is 3670. The predicted molar refractivity (Wildman–Crippen MR) is 262 cm³/mol. The molecule has 0 saturated carbocycles. The molecule has 0 bridgehead atoms. The van der Waals surface area contributed by atoms with Gasteiger partial charge in [-0.05, 0) is 107 Å². The first-order valence-electron chi connectivity index (χ1n) is 21.5. The number of hydrogen-bond donors (Lipinski definition) is 0. The van der Waals surface area contributed by atoms with Gasteiger partial charge in [0.05, 0.1) is 11.6 Å². The van der Waals surface area contributed by atoms with Crippen molar-refractivity contribution in [3.63, 3.8) is 0 Å². The lowest BCUT2D eigenvalue weighted by Gasteiger charge is -2.14. The van der Waals surface area contributed by atoms with Crippen LogP contribution in [-0.4, -0.2) is 15.0 Å². The summed E-state index contributed by atoms with van der Waals surface area (Å²) < 4.78 is 0. The topological polar surface area (TPSA) is 62.5 Å². The molecule has 0 N–H and O–H groups in total. The van der Waals surface area contributed by atoms with Crippen molar-refractivity contribution in [3.8, 4) is 107 Å². The number of fused-ring (bicyclic) bond motifs is 4. The average molecular weight is 813 g/mol. The average Bonchev–Trinajstić information content (AvgIpc) is 3.70. The molecule has 4 heteroatoms. The molecule has 0 atom stereocenters. The summed E-state index contributed by atoms with van der Waals surface area (Å²) >= 11 is 0. The van der Waals surface area contributed by atoms with Crippen molar-refractivity contribution in [1.29, 1.82) is 5.26 Å². The minimum absolute atomic E-state index is 0.573. The van der Waals surface area contributed by atoms with E-state index in [1.165, 1.54) is 43.8 Å². The highest BCUT2D eigenvalue weighted by Gasteiger charge is 2.22. The fraction of sp³-hybridized carbons (Fsp3) is 0. The van der Waals surface area contributed by atoms with E-state index in [0.717, 1.165) is 61.2 Å². The molecule has 0 amide bonds. The summed E-state index contributed by atoms with van der Waals surface area (Å²) in [6, 6.07) is 78.6. The van der Waals surface area contributed by atoms with Gasteiger partial charge in [-0.25, -0.2) is 15.0 Å². The summed E-state index contributed by atoms with van der Waals surface area (Å²) in [4.78, 5) is 15.2. The van der Waals surface area contributed by atoms with Gasteiger partial charge in [0.1, 0.15) is 0 Å². The van der Waals surface area contributed by atoms with Crippen LogP contribution in [-0.2, 0) is 0 Å². The first kappa shape index (κ1) is 37.0. The molecule has 1 aliphatic rings. The second kappa shape index (κ2) is 15.3. The lowest BCUT2D eigenvalue weighted by atomic mass is 9.92. The van der Waals surface area contributed by atoms with E-state index < -0.39 is 0 Å². The lowest BCUT2D eigenvalue weighted by molar-refractivity contribution is 1.07. The molecular weight excluding hydrogens is 777 g/mol. The van der Waals surface area contributed by atoms with Crippen LogP contribution in [0.15, 0.2) is 218 Å². The van der Waals surface area contributed by atoms with E-state index in [2.05, 4.69) is 158 Å². The van der Waals surface area contributed by atoms with Crippen LogP contribution in [0.1, 0.15) is 5.56 Å². The molecule has 0 saturated heterocycles. The molecule has 1 aliphatic carbocycles. The van der Waals surface area contributed by atoms with Gasteiger partial charge in [-0.3, -0.25) is 0 Å². The molecule has 1 heterocycles. The van der Waals surface area contributed by atoms with E-state index >= 15 is 0 Å². The fourth-order valence-corrected chi connectivity index (χ4v) is 9.43. The number of rotatable bonds is 7. The van der Waals surface area contributed by atoms with Gasteiger partial charge in [-0.2, -0.15) is 5.26 Å². The number of hydrogen-bond acceptors (Lipinski definition) is 4. The maximum Gasteiger partial charge on any atom is 0.164 e. The van der Waals surface area contributed by atoms with Gasteiger partial charge < -0.3 is 0 Å². The Morgan fingerprint density at radius 2 is 0.750 bits per heavy atom. The van der Waals surface area contributed by atoms with Crippen LogP contribution >= 0.6 is 0 Å². The second-order valence-electron chi connectivity index (χ2n) is 16.2. The number of aromatic nitrogens is 3. The van der Waals surface area contributed by atoms with Crippen LogP contribution in [0, 0.1) is 11.3 Å². The quantitative estimate of drug-likeness (QED) is 0.161. The van der Waals surface area contributed by atoms with E-state index in [-0.39, 0.29) is 0 Å². The van der Waals surface area contributed by atoms with E-state index in [1.807, 2.05) is 66.7 Å². The van der Waals surface area contributed by atoms with Gasteiger partial charge in [-0.15, -0.1) is 0 Å². The Labute approximate surface area is 371 Å². The van der Waals surface area contributed by atoms with Gasteiger partial charge >= 0.3 is 0 Å². The molecule has 4 nitrogen and oxygen atoms in total. The van der Waals surface area contributed by atoms with Crippen molar-refractivity contribution < 1.29 is 0 Å². The summed E-state index contributed by atoms with van der Waals surface area (Å²) in [5.41, 5.74) is 16.8. The van der Waals surface area contributed by atoms with Crippen LogP contribution in [0.4, 0.5) is 0 Å². The highest BCUT2D eigenvalue weighted by molar-refractivity contribution is 6.15. The maximum absolute atomic E-state index is 10.5. The molecule has 11 aromatic rings. The molecule has 1 aromatic heterocycles. The Kier molecular flexibility index (Phi) is 8.84. The number of nitriles is 1. The second-order valence-corrected chi connectivity index (χ2v) is 16.2. The highest BCUT2D eigenvalue weighted by atomic mass is 15.0. The number of nitrogens with zero attached hydrogens (tertiary/aromatic N) is 4. The zero-order chi connectivity index (χ0) is 42.6. The monoisotopic (exact) mass is 812 g/mol. The summed E-state index contributed by atoms with van der Waals surface area (Å²) in [7, 11) is 0. The van der Waals surface area contributed by atoms with Crippen molar-refractivity contribution in [3.05, 3.63) is 224 Å². The molecule has 12 rings (SSSR count). The van der Waals surface area contributed by atoms with Gasteiger partial charge in [-0.1, -0.05) is 200 Å². The first-order chi connectivity index (χ1) is 31.7. The molecule has 0 spiro atoms. The standard InChI is InChI=1S/C60H36N4/c61-37-47-35-45(43-18-8-19-44(34-43)46-31-33-52-53-24-10-16-40-17-11-25-54(57(40)53)56(52)36-46)30-32-48(47)39-26-28-42(29-27-39)59-62-58(41-13-2-1-3-14-41)63-60(64-59)55-22-7-6-21-51(55)50-23-9-15-38-12-4-5-20-49(38)50/h1-36H. The Hall–Kier alpha value is -8.78. The van der Waals surface area contributed by atoms with Gasteiger partial charge in [0.15, 0.2) is 17.5 Å². The minimum Gasteiger partial charge on any atom is -0.208 e. The summed E-state index contributed by atoms with van der Waals surface area (Å²) in [5.74, 6) is 1.77. The lowest BCUT2D eigenvalue weighted by Crippen LogP contribution is -2.01. The molecule has 0 radical (unpaired) electrons. The zero-order valence-electron chi connectivity index (χ0n) is 34.6. The first-order valence-corrected chi connectivity index (χ1v) is 21.5. The number of benzene rings is 10. The van der Waals surface area contributed by atoms with Crippen LogP contribution < -0.4 is 0 Å². The summed E-state index contributed by atoms with van der Waals surface area (Å²) in [6.45, 7) is 0. The smallest absolute Gasteiger partial charge is 0.164 e. The SMILES string of the molecule is N#Cc1cc(-c2cccc(-c3ccc4c(c3)-c3cccc5cccc-4c35)c2)ccc1-c1ccc(-c2nc(-c3ccccc3)nc(-c3ccccc3-c3cccc4ccccc34)n2)cc1. The third-order valence-corrected chi connectivity index (χ3v) is 12.5. The molecular formula is C60H36N4. The van der Waals surface area contributed by atoms with Crippen molar-refractivity contribution in [1.82, 2.24) is 15.0 Å². The zero-order valence-corrected chi connectivity index (χ0v) is 34.6. The third kappa shape index (κ3) is 6.35. The summed E-state index contributed by atoms with van der Waals surface area (Å²) in [5, 5.41) is 15.5. The largest absolute Gasteiger partial charge is 0.208 e. The predicted octanol–water partition coefficient (Wildman–Crippen LogP) is 15.4. The summed E-state index contributed by atoms with van der Waals surface area (Å²) in [6.07, 6.45) is 0. The van der Waals surface area contributed by atoms with Gasteiger partial charge in [0.2, 0.25) is 0 Å². The minimum atomic E-state index is 0.573. The van der Waals surface area contributed by atoms with E-state index in [4.69, 9.17) is 15.0 Å². The highest BCUT2D eigenvalue weighted by Crippen LogP contribution is 2.48. The van der Waals surface area contributed by atoms with Crippen molar-refractivity contribution in [2.24, 2.45) is 0 Å². The van der Waals surface area contributed by atoms with Crippen molar-refractivity contribution >= 4 is 21.5 Å². The fourth-order valence-electron chi connectivity index (χ4n) is 9.43. The molecule has 0 aliphatic heterocycles. The van der Waals surface area contributed by atoms with E-state index in [1.54, 1.807) is 0 Å². The molecule has 0 fully saturated rings. The Morgan fingerprint density at radius 1 is 0.281 bits per heavy atom. The molecule has 0 unspecified atom stereocenters. The van der Waals surface area contributed by atoms with Gasteiger partial charge in [0.25, 0.3) is 0 Å². The third-order valence-electron chi connectivity index (χ3n) is 12.5. The Balaban J connectivity index is 0.876. The van der Waals surface area contributed by atoms with E-state index in [0.29, 0.717) is 23.0 Å². The van der Waals surface area contributed by atoms with Crippen molar-refractivity contribution in [2.45, 2.75) is 0 Å². The van der Waals surface area contributed by atoms with E-state index in [9.17, 15) is 5.26 Å².